The number of halogens is 3. The maximum absolute atomic E-state index is 13.1. The zero-order valence-electron chi connectivity index (χ0n) is 12.1. The lowest BCUT2D eigenvalue weighted by Crippen LogP contribution is -2.29. The van der Waals surface area contributed by atoms with Crippen LogP contribution in [-0.4, -0.2) is 35.1 Å². The van der Waals surface area contributed by atoms with Gasteiger partial charge in [-0.2, -0.15) is 13.2 Å². The Morgan fingerprint density at radius 1 is 1.48 bits per heavy atom. The topological polar surface area (TPSA) is 81.4 Å². The number of alkyl halides is 3. The summed E-state index contributed by atoms with van der Waals surface area (Å²) >= 11 is 0. The lowest BCUT2D eigenvalue weighted by Gasteiger charge is -2.16. The Labute approximate surface area is 128 Å². The predicted octanol–water partition coefficient (Wildman–Crippen LogP) is 0.628. The average molecular weight is 326 g/mol. The van der Waals surface area contributed by atoms with E-state index in [1.807, 2.05) is 0 Å². The molecule has 2 rings (SSSR count). The normalized spacial score (nSPS) is 11.7. The second-order valence-corrected chi connectivity index (χ2v) is 4.60. The Kier molecular flexibility index (Phi) is 4.10. The third-order valence-corrected chi connectivity index (χ3v) is 3.11. The van der Waals surface area contributed by atoms with Gasteiger partial charge in [0.25, 0.3) is 5.56 Å². The summed E-state index contributed by atoms with van der Waals surface area (Å²) in [6.45, 7) is 1.40. The highest BCUT2D eigenvalue weighted by atomic mass is 19.4. The molecule has 0 amide bonds. The number of aromatic hydroxyl groups is 1. The molecule has 2 aromatic heterocycles. The third-order valence-electron chi connectivity index (χ3n) is 3.11. The average Bonchev–Trinajstić information content (AvgIpc) is 2.43. The van der Waals surface area contributed by atoms with Crippen molar-refractivity contribution < 1.29 is 27.8 Å². The first-order chi connectivity index (χ1) is 10.6. The molecule has 0 aliphatic carbocycles. The molecule has 6 nitrogen and oxygen atoms in total. The van der Waals surface area contributed by atoms with E-state index in [2.05, 4.69) is 9.72 Å². The van der Waals surface area contributed by atoms with Gasteiger partial charge in [0.05, 0.1) is 12.1 Å². The third kappa shape index (κ3) is 2.76. The summed E-state index contributed by atoms with van der Waals surface area (Å²) in [5, 5.41) is 9.68. The van der Waals surface area contributed by atoms with Gasteiger partial charge in [-0.15, -0.1) is 0 Å². The number of aryl methyl sites for hydroxylation is 1. The van der Waals surface area contributed by atoms with Crippen LogP contribution < -0.4 is 11.2 Å². The van der Waals surface area contributed by atoms with Gasteiger partial charge in [-0.1, -0.05) is 0 Å². The fourth-order valence-electron chi connectivity index (χ4n) is 2.17. The smallest absolute Gasteiger partial charge is 0.435 e. The lowest BCUT2D eigenvalue weighted by molar-refractivity contribution is -0.139. The molecule has 120 valence electrons. The monoisotopic (exact) mass is 326 g/mol. The van der Waals surface area contributed by atoms with Gasteiger partial charge in [0.1, 0.15) is 13.6 Å². The second kappa shape index (κ2) is 5.60. The quantitative estimate of drug-likeness (QED) is 0.647. The van der Waals surface area contributed by atoms with Crippen molar-refractivity contribution >= 4 is 30.3 Å². The Hall–Kier alpha value is -2.52. The highest BCUT2D eigenvalue weighted by Gasteiger charge is 2.37. The zero-order valence-corrected chi connectivity index (χ0v) is 12.1. The van der Waals surface area contributed by atoms with Crippen LogP contribution >= 0.6 is 0 Å². The number of pyridine rings is 2. The van der Waals surface area contributed by atoms with Crippen molar-refractivity contribution in [2.45, 2.75) is 13.1 Å². The molecular formula is C13H10BF3N2O4. The van der Waals surface area contributed by atoms with Crippen molar-refractivity contribution in [2.75, 3.05) is 6.61 Å². The van der Waals surface area contributed by atoms with Crippen molar-refractivity contribution in [1.82, 2.24) is 9.55 Å². The summed E-state index contributed by atoms with van der Waals surface area (Å²) < 4.78 is 44.6. The van der Waals surface area contributed by atoms with E-state index in [9.17, 15) is 27.9 Å². The van der Waals surface area contributed by atoms with Crippen LogP contribution in [0.3, 0.4) is 0 Å². The molecule has 0 unspecified atom stereocenters. The Bertz CT molecular complexity index is 861. The molecule has 0 saturated heterocycles. The molecular weight excluding hydrogens is 316 g/mol. The van der Waals surface area contributed by atoms with E-state index < -0.39 is 51.2 Å². The van der Waals surface area contributed by atoms with Crippen LogP contribution in [0.1, 0.15) is 23.0 Å². The van der Waals surface area contributed by atoms with Crippen LogP contribution in [0, 0.1) is 0 Å². The van der Waals surface area contributed by atoms with Crippen LogP contribution in [0.15, 0.2) is 10.9 Å². The lowest BCUT2D eigenvalue weighted by atomic mass is 9.99. The molecule has 0 fully saturated rings. The van der Waals surface area contributed by atoms with Gasteiger partial charge in [-0.3, -0.25) is 9.78 Å². The summed E-state index contributed by atoms with van der Waals surface area (Å²) in [4.78, 5) is 27.1. The second-order valence-electron chi connectivity index (χ2n) is 4.60. The van der Waals surface area contributed by atoms with Crippen molar-refractivity contribution in [3.63, 3.8) is 0 Å². The first-order valence-corrected chi connectivity index (χ1v) is 6.36. The first kappa shape index (κ1) is 16.8. The Balaban J connectivity index is 3.00. The number of nitrogens with zero attached hydrogens (tertiary/aromatic N) is 2. The molecule has 0 aliphatic rings. The molecule has 0 aromatic carbocycles. The van der Waals surface area contributed by atoms with Crippen LogP contribution in [-0.2, 0) is 18.0 Å². The number of carbonyl (C=O) groups excluding carboxylic acids is 1. The minimum absolute atomic E-state index is 0.0776. The van der Waals surface area contributed by atoms with Crippen molar-refractivity contribution in [1.29, 1.82) is 0 Å². The standard InChI is InChI=1S/C13H10BF3N2O4/c1-3-23-12(22)7-9(20)5-4-6(14)18-10(13(15,16)17)8(5)19(2)11(7)21/h4,20H,3H2,1-2H3. The van der Waals surface area contributed by atoms with Crippen molar-refractivity contribution in [3.8, 4) is 5.75 Å². The Morgan fingerprint density at radius 3 is 2.61 bits per heavy atom. The molecule has 0 saturated carbocycles. The number of ether oxygens (including phenoxy) is 1. The van der Waals surface area contributed by atoms with Gasteiger partial charge in [0.15, 0.2) is 11.3 Å². The van der Waals surface area contributed by atoms with Crippen LogP contribution in [0.2, 0.25) is 0 Å². The molecule has 0 aliphatic heterocycles. The summed E-state index contributed by atoms with van der Waals surface area (Å²) in [5.74, 6) is -2.07. The van der Waals surface area contributed by atoms with E-state index in [1.54, 1.807) is 0 Å². The zero-order chi connectivity index (χ0) is 17.5. The van der Waals surface area contributed by atoms with Gasteiger partial charge in [0, 0.05) is 12.4 Å². The maximum Gasteiger partial charge on any atom is 0.435 e. The number of fused-ring (bicyclic) bond motifs is 1. The number of aromatic nitrogens is 2. The molecule has 2 radical (unpaired) electrons. The largest absolute Gasteiger partial charge is 0.506 e. The van der Waals surface area contributed by atoms with Crippen molar-refractivity contribution in [3.05, 3.63) is 27.7 Å². The van der Waals surface area contributed by atoms with Gasteiger partial charge < -0.3 is 14.4 Å². The fraction of sp³-hybridized carbons (Fsp3) is 0.308. The highest BCUT2D eigenvalue weighted by Crippen LogP contribution is 2.35. The summed E-state index contributed by atoms with van der Waals surface area (Å²) in [5.41, 5.74) is -4.53. The Morgan fingerprint density at radius 2 is 2.09 bits per heavy atom. The van der Waals surface area contributed by atoms with E-state index in [4.69, 9.17) is 7.85 Å². The number of esters is 1. The molecule has 0 bridgehead atoms. The summed E-state index contributed by atoms with van der Waals surface area (Å²) in [7, 11) is 6.37. The predicted molar refractivity (Wildman–Crippen MR) is 75.0 cm³/mol. The summed E-state index contributed by atoms with van der Waals surface area (Å²) in [6, 6.07) is 0.947. The number of hydrogen-bond donors (Lipinski definition) is 1. The van der Waals surface area contributed by atoms with Gasteiger partial charge in [0.2, 0.25) is 0 Å². The van der Waals surface area contributed by atoms with E-state index >= 15 is 0 Å². The first-order valence-electron chi connectivity index (χ1n) is 6.36. The van der Waals surface area contributed by atoms with E-state index in [0.717, 1.165) is 13.1 Å². The molecule has 2 aromatic rings. The molecule has 0 atom stereocenters. The minimum Gasteiger partial charge on any atom is -0.506 e. The number of rotatable bonds is 2. The highest BCUT2D eigenvalue weighted by molar-refractivity contribution is 6.31. The minimum atomic E-state index is -4.91. The molecule has 10 heteroatoms. The van der Waals surface area contributed by atoms with E-state index in [0.29, 0.717) is 4.57 Å². The van der Waals surface area contributed by atoms with Gasteiger partial charge in [-0.05, 0) is 18.6 Å². The number of hydrogen-bond acceptors (Lipinski definition) is 5. The van der Waals surface area contributed by atoms with Crippen LogP contribution in [0.4, 0.5) is 13.2 Å². The van der Waals surface area contributed by atoms with Crippen LogP contribution in [0.5, 0.6) is 5.75 Å². The van der Waals surface area contributed by atoms with Crippen molar-refractivity contribution in [2.24, 2.45) is 7.05 Å². The van der Waals surface area contributed by atoms with E-state index in [-0.39, 0.29) is 6.61 Å². The molecule has 1 N–H and O–H groups in total. The maximum atomic E-state index is 13.1. The number of carbonyl (C=O) groups is 1. The van der Waals surface area contributed by atoms with Gasteiger partial charge >= 0.3 is 12.1 Å². The summed E-state index contributed by atoms with van der Waals surface area (Å²) in [6.07, 6.45) is -4.91. The fourth-order valence-corrected chi connectivity index (χ4v) is 2.17. The van der Waals surface area contributed by atoms with Gasteiger partial charge in [-0.25, -0.2) is 4.79 Å². The van der Waals surface area contributed by atoms with E-state index in [1.165, 1.54) is 6.92 Å². The van der Waals surface area contributed by atoms with Crippen LogP contribution in [0.25, 0.3) is 10.9 Å². The SMILES string of the molecule is [B]c1cc2c(O)c(C(=O)OCC)c(=O)n(C)c2c(C(F)(F)F)n1. The molecule has 23 heavy (non-hydrogen) atoms. The molecule has 2 heterocycles. The molecule has 0 spiro atoms.